The van der Waals surface area contributed by atoms with Crippen molar-refractivity contribution in [2.45, 2.75) is 57.4 Å². The topological polar surface area (TPSA) is 46.1 Å². The molecule has 0 rings (SSSR count). The summed E-state index contributed by atoms with van der Waals surface area (Å²) in [5.41, 5.74) is -1.20. The summed E-state index contributed by atoms with van der Waals surface area (Å²) in [7, 11) is 0. The Morgan fingerprint density at radius 2 is 1.15 bits per heavy atom. The van der Waals surface area contributed by atoms with Gasteiger partial charge in [-0.3, -0.25) is 0 Å². The Labute approximate surface area is 148 Å². The summed E-state index contributed by atoms with van der Waals surface area (Å²) in [5.74, 6) is -12.3. The predicted molar refractivity (Wildman–Crippen MR) is 53.4 cm³/mol. The molecule has 0 spiro atoms. The van der Waals surface area contributed by atoms with Gasteiger partial charge in [-0.05, 0) is 0 Å². The minimum Gasteiger partial charge on any atom is -0.852 e. The van der Waals surface area contributed by atoms with Gasteiger partial charge in [0.25, 0.3) is 0 Å². The zero-order valence-electron chi connectivity index (χ0n) is 11.0. The molecule has 0 aliphatic heterocycles. The summed E-state index contributed by atoms with van der Waals surface area (Å²) in [6, 6.07) is 0. The van der Waals surface area contributed by atoms with Crippen LogP contribution >= 0.6 is 0 Å². The molecule has 0 saturated heterocycles. The van der Waals surface area contributed by atoms with E-state index in [1.807, 2.05) is 0 Å². The summed E-state index contributed by atoms with van der Waals surface area (Å²) in [4.78, 5) is 0. The molecular formula is C10H13F7O2Sr. The zero-order chi connectivity index (χ0) is 15.9. The fourth-order valence-corrected chi connectivity index (χ4v) is 1.09. The monoisotopic (exact) mass is 386 g/mol. The van der Waals surface area contributed by atoms with Gasteiger partial charge in [0, 0.05) is 0 Å². The Morgan fingerprint density at radius 1 is 0.800 bits per heavy atom. The van der Waals surface area contributed by atoms with E-state index in [-0.39, 0.29) is 45.5 Å². The third-order valence-corrected chi connectivity index (χ3v) is 2.57. The van der Waals surface area contributed by atoms with E-state index in [9.17, 15) is 40.9 Å². The van der Waals surface area contributed by atoms with E-state index < -0.39 is 42.1 Å². The van der Waals surface area contributed by atoms with Gasteiger partial charge in [-0.25, -0.2) is 8.78 Å². The quantitative estimate of drug-likeness (QED) is 0.541. The van der Waals surface area contributed by atoms with Gasteiger partial charge < -0.3 is 10.2 Å². The second kappa shape index (κ2) is 6.99. The van der Waals surface area contributed by atoms with Crippen molar-refractivity contribution in [3.05, 3.63) is 0 Å². The van der Waals surface area contributed by atoms with Crippen LogP contribution in [0.15, 0.2) is 0 Å². The molecule has 2 atom stereocenters. The van der Waals surface area contributed by atoms with E-state index in [2.05, 4.69) is 0 Å². The minimum atomic E-state index is -6.56. The summed E-state index contributed by atoms with van der Waals surface area (Å²) < 4.78 is 86.3. The third kappa shape index (κ3) is 4.98. The second-order valence-electron chi connectivity index (χ2n) is 5.27. The van der Waals surface area contributed by atoms with E-state index in [4.69, 9.17) is 0 Å². The van der Waals surface area contributed by atoms with Crippen molar-refractivity contribution in [1.29, 1.82) is 0 Å². The normalized spacial score (nSPS) is 17.4. The largest absolute Gasteiger partial charge is 2.00 e. The van der Waals surface area contributed by atoms with E-state index in [0.717, 1.165) is 0 Å². The first-order chi connectivity index (χ1) is 8.05. The average molecular weight is 386 g/mol. The van der Waals surface area contributed by atoms with E-state index in [1.54, 1.807) is 0 Å². The van der Waals surface area contributed by atoms with Crippen molar-refractivity contribution in [3.63, 3.8) is 0 Å². The molecule has 0 aliphatic carbocycles. The molecule has 0 saturated carbocycles. The molecule has 116 valence electrons. The smallest absolute Gasteiger partial charge is 0.852 e. The first-order valence-electron chi connectivity index (χ1n) is 5.19. The number of alkyl halides is 7. The molecule has 0 bridgehead atoms. The summed E-state index contributed by atoms with van der Waals surface area (Å²) in [6.45, 7) is 3.78. The van der Waals surface area contributed by atoms with Gasteiger partial charge >= 0.3 is 63.5 Å². The molecule has 0 heterocycles. The van der Waals surface area contributed by atoms with Crippen LogP contribution in [0.5, 0.6) is 0 Å². The van der Waals surface area contributed by atoms with Crippen molar-refractivity contribution in [3.8, 4) is 0 Å². The molecule has 10 heteroatoms. The van der Waals surface area contributed by atoms with Gasteiger partial charge in [0.1, 0.15) is 0 Å². The van der Waals surface area contributed by atoms with Gasteiger partial charge in [-0.1, -0.05) is 38.7 Å². The van der Waals surface area contributed by atoms with Gasteiger partial charge in [0.15, 0.2) is 0 Å². The van der Waals surface area contributed by atoms with Crippen LogP contribution in [0, 0.1) is 5.41 Å². The molecule has 2 unspecified atom stereocenters. The molecule has 0 N–H and O–H groups in total. The predicted octanol–water partition coefficient (Wildman–Crippen LogP) is 1.33. The van der Waals surface area contributed by atoms with Crippen LogP contribution < -0.4 is 10.2 Å². The van der Waals surface area contributed by atoms with Crippen LogP contribution in [-0.2, 0) is 0 Å². The molecule has 2 nitrogen and oxygen atoms in total. The maximum Gasteiger partial charge on any atom is 2.00 e. The van der Waals surface area contributed by atoms with Crippen LogP contribution in [0.25, 0.3) is 0 Å². The van der Waals surface area contributed by atoms with Crippen molar-refractivity contribution in [2.75, 3.05) is 0 Å². The Hall–Kier alpha value is 0.911. The molecule has 0 aromatic heterocycles. The van der Waals surface area contributed by atoms with Crippen molar-refractivity contribution >= 4 is 45.5 Å². The van der Waals surface area contributed by atoms with Crippen LogP contribution in [0.4, 0.5) is 30.7 Å². The fraction of sp³-hybridized carbons (Fsp3) is 1.00. The first kappa shape index (κ1) is 23.2. The molecule has 0 fully saturated rings. The summed E-state index contributed by atoms with van der Waals surface area (Å²) in [5, 5.41) is 22.3. The Morgan fingerprint density at radius 3 is 1.40 bits per heavy atom. The standard InChI is InChI=1S/C10H13F7O2.Sr/c1-7(2,3)5(18)4-6(19)8(11,12)9(13,14)10(15,16)17;/h5-6H,4H2,1-3H3;/q-2;+2. The van der Waals surface area contributed by atoms with Crippen LogP contribution in [0.2, 0.25) is 0 Å². The Kier molecular flexibility index (Phi) is 8.10. The van der Waals surface area contributed by atoms with Crippen LogP contribution in [-0.4, -0.2) is 75.7 Å². The molecular weight excluding hydrogens is 373 g/mol. The maximum absolute atomic E-state index is 12.9. The van der Waals surface area contributed by atoms with Gasteiger partial charge in [0.2, 0.25) is 0 Å². The van der Waals surface area contributed by atoms with Crippen LogP contribution in [0.3, 0.4) is 0 Å². The first-order valence-corrected chi connectivity index (χ1v) is 5.19. The zero-order valence-corrected chi connectivity index (χ0v) is 14.5. The average Bonchev–Trinajstić information content (AvgIpc) is 2.13. The number of halogens is 7. The van der Waals surface area contributed by atoms with Gasteiger partial charge in [-0.2, -0.15) is 22.0 Å². The Bertz CT molecular complexity index is 312. The summed E-state index contributed by atoms with van der Waals surface area (Å²) in [6.07, 6.45) is -13.7. The molecule has 20 heavy (non-hydrogen) atoms. The van der Waals surface area contributed by atoms with E-state index in [0.29, 0.717) is 0 Å². The number of hydrogen-bond acceptors (Lipinski definition) is 2. The molecule has 0 radical (unpaired) electrons. The maximum atomic E-state index is 12.9. The summed E-state index contributed by atoms with van der Waals surface area (Å²) >= 11 is 0. The number of hydrogen-bond donors (Lipinski definition) is 0. The van der Waals surface area contributed by atoms with Crippen molar-refractivity contribution in [1.82, 2.24) is 0 Å². The second-order valence-corrected chi connectivity index (χ2v) is 5.27. The molecule has 0 aliphatic rings. The van der Waals surface area contributed by atoms with Crippen molar-refractivity contribution in [2.24, 2.45) is 5.41 Å². The number of rotatable bonds is 4. The van der Waals surface area contributed by atoms with Crippen molar-refractivity contribution < 1.29 is 40.9 Å². The van der Waals surface area contributed by atoms with Crippen LogP contribution in [0.1, 0.15) is 27.2 Å². The molecule has 0 aromatic carbocycles. The molecule has 0 amide bonds. The van der Waals surface area contributed by atoms with E-state index >= 15 is 0 Å². The van der Waals surface area contributed by atoms with E-state index in [1.165, 1.54) is 20.8 Å². The SMILES string of the molecule is CC(C)(C)C([O-])CC([O-])C(F)(F)C(F)(F)C(F)(F)F.[Sr+2]. The minimum absolute atomic E-state index is 0. The van der Waals surface area contributed by atoms with Gasteiger partial charge in [0.05, 0.1) is 0 Å². The Balaban J connectivity index is 0. The third-order valence-electron chi connectivity index (χ3n) is 2.57. The molecule has 0 aromatic rings. The van der Waals surface area contributed by atoms with Gasteiger partial charge in [-0.15, -0.1) is 6.10 Å². The fourth-order valence-electron chi connectivity index (χ4n) is 1.09.